The summed E-state index contributed by atoms with van der Waals surface area (Å²) in [6.07, 6.45) is 6.95. The maximum absolute atomic E-state index is 5.86. The van der Waals surface area contributed by atoms with Crippen molar-refractivity contribution in [1.29, 1.82) is 0 Å². The molecule has 0 amide bonds. The first-order valence-electron chi connectivity index (χ1n) is 8.33. The van der Waals surface area contributed by atoms with E-state index in [1.54, 1.807) is 12.7 Å². The van der Waals surface area contributed by atoms with Crippen LogP contribution in [0.15, 0.2) is 47.4 Å². The van der Waals surface area contributed by atoms with E-state index in [4.69, 9.17) is 4.42 Å². The second-order valence-corrected chi connectivity index (χ2v) is 6.10. The number of hydrogen-bond donors (Lipinski definition) is 0. The van der Waals surface area contributed by atoms with Crippen molar-refractivity contribution in [2.45, 2.75) is 38.4 Å². The third-order valence-corrected chi connectivity index (χ3v) is 4.44. The molecule has 0 spiro atoms. The van der Waals surface area contributed by atoms with Crippen LogP contribution in [-0.2, 0) is 13.1 Å². The molecule has 2 aromatic heterocycles. The first-order chi connectivity index (χ1) is 11.9. The number of rotatable bonds is 5. The number of piperidine rings is 1. The molecule has 4 rings (SSSR count). The maximum atomic E-state index is 5.86. The lowest BCUT2D eigenvalue weighted by atomic mass is 10.0. The van der Waals surface area contributed by atoms with E-state index in [0.717, 1.165) is 25.1 Å². The summed E-state index contributed by atoms with van der Waals surface area (Å²) in [5.74, 6) is 1.25. The predicted molar refractivity (Wildman–Crippen MR) is 87.8 cm³/mol. The average Bonchev–Trinajstić information content (AvgIpc) is 3.29. The van der Waals surface area contributed by atoms with Crippen LogP contribution in [0.2, 0.25) is 0 Å². The zero-order valence-corrected chi connectivity index (χ0v) is 13.5. The first kappa shape index (κ1) is 15.0. The van der Waals surface area contributed by atoms with Crippen LogP contribution in [0.1, 0.15) is 25.2 Å². The van der Waals surface area contributed by atoms with Gasteiger partial charge in [-0.3, -0.25) is 9.58 Å². The van der Waals surface area contributed by atoms with Crippen LogP contribution in [0.3, 0.4) is 0 Å². The van der Waals surface area contributed by atoms with Gasteiger partial charge < -0.3 is 4.42 Å². The highest BCUT2D eigenvalue weighted by Gasteiger charge is 2.25. The molecule has 7 heteroatoms. The summed E-state index contributed by atoms with van der Waals surface area (Å²) in [6, 6.07) is 10.3. The zero-order chi connectivity index (χ0) is 16.2. The molecule has 1 aliphatic rings. The minimum absolute atomic E-state index is 0.424. The second-order valence-electron chi connectivity index (χ2n) is 6.10. The van der Waals surface area contributed by atoms with Crippen LogP contribution >= 0.6 is 0 Å². The van der Waals surface area contributed by atoms with Crippen molar-refractivity contribution in [1.82, 2.24) is 29.9 Å². The molecule has 7 nitrogen and oxygen atoms in total. The van der Waals surface area contributed by atoms with E-state index in [-0.39, 0.29) is 0 Å². The fourth-order valence-corrected chi connectivity index (χ4v) is 3.21. The number of nitrogens with zero attached hydrogens (tertiary/aromatic N) is 6. The van der Waals surface area contributed by atoms with Gasteiger partial charge in [0.2, 0.25) is 11.8 Å². The van der Waals surface area contributed by atoms with Crippen LogP contribution in [0.5, 0.6) is 0 Å². The Balaban J connectivity index is 1.46. The zero-order valence-electron chi connectivity index (χ0n) is 13.5. The number of likely N-dealkylation sites (tertiary alicyclic amines) is 1. The Morgan fingerprint density at radius 3 is 2.88 bits per heavy atom. The van der Waals surface area contributed by atoms with Gasteiger partial charge in [0, 0.05) is 11.6 Å². The second kappa shape index (κ2) is 6.92. The van der Waals surface area contributed by atoms with E-state index < -0.39 is 0 Å². The summed E-state index contributed by atoms with van der Waals surface area (Å²) in [5, 5.41) is 12.6. The highest BCUT2D eigenvalue weighted by molar-refractivity contribution is 5.51. The normalized spacial score (nSPS) is 18.8. The van der Waals surface area contributed by atoms with Gasteiger partial charge in [-0.15, -0.1) is 10.2 Å². The van der Waals surface area contributed by atoms with Crippen molar-refractivity contribution in [3.63, 3.8) is 0 Å². The Kier molecular flexibility index (Phi) is 4.33. The molecule has 1 atom stereocenters. The van der Waals surface area contributed by atoms with Crippen LogP contribution in [-0.4, -0.2) is 42.4 Å². The van der Waals surface area contributed by atoms with Crippen molar-refractivity contribution in [3.8, 4) is 11.5 Å². The van der Waals surface area contributed by atoms with Gasteiger partial charge >= 0.3 is 0 Å². The van der Waals surface area contributed by atoms with Crippen molar-refractivity contribution < 1.29 is 4.42 Å². The molecule has 24 heavy (non-hydrogen) atoms. The molecular formula is C17H20N6O. The van der Waals surface area contributed by atoms with Gasteiger partial charge in [-0.2, -0.15) is 5.10 Å². The topological polar surface area (TPSA) is 72.9 Å². The van der Waals surface area contributed by atoms with E-state index in [1.165, 1.54) is 12.8 Å². The minimum Gasteiger partial charge on any atom is -0.419 e. The molecule has 3 heterocycles. The maximum Gasteiger partial charge on any atom is 0.247 e. The van der Waals surface area contributed by atoms with Gasteiger partial charge in [0.05, 0.1) is 13.1 Å². The molecule has 1 aliphatic heterocycles. The quantitative estimate of drug-likeness (QED) is 0.717. The molecule has 1 saturated heterocycles. The Morgan fingerprint density at radius 2 is 2.04 bits per heavy atom. The number of benzene rings is 1. The molecule has 1 aromatic carbocycles. The lowest BCUT2D eigenvalue weighted by Gasteiger charge is -2.34. The summed E-state index contributed by atoms with van der Waals surface area (Å²) >= 11 is 0. The van der Waals surface area contributed by atoms with Gasteiger partial charge in [-0.25, -0.2) is 4.98 Å². The summed E-state index contributed by atoms with van der Waals surface area (Å²) < 4.78 is 7.75. The number of hydrogen-bond acceptors (Lipinski definition) is 6. The van der Waals surface area contributed by atoms with Gasteiger partial charge in [0.15, 0.2) is 0 Å². The first-order valence-corrected chi connectivity index (χ1v) is 8.33. The van der Waals surface area contributed by atoms with E-state index in [0.29, 0.717) is 24.4 Å². The molecule has 0 N–H and O–H groups in total. The standard InChI is InChI=1S/C17H20N6O/c1-2-6-14(7-3-1)17-21-20-16(24-17)11-22-9-5-4-8-15(22)10-23-13-18-12-19-23/h1-3,6-7,12-13,15H,4-5,8-11H2/t15-/m0/s1. The van der Waals surface area contributed by atoms with Crippen LogP contribution in [0.4, 0.5) is 0 Å². The van der Waals surface area contributed by atoms with Crippen LogP contribution in [0, 0.1) is 0 Å². The van der Waals surface area contributed by atoms with Gasteiger partial charge in [-0.1, -0.05) is 24.6 Å². The molecular weight excluding hydrogens is 304 g/mol. The monoisotopic (exact) mass is 324 g/mol. The smallest absolute Gasteiger partial charge is 0.247 e. The van der Waals surface area contributed by atoms with E-state index >= 15 is 0 Å². The van der Waals surface area contributed by atoms with E-state index in [1.807, 2.05) is 35.0 Å². The highest BCUT2D eigenvalue weighted by atomic mass is 16.4. The summed E-state index contributed by atoms with van der Waals surface area (Å²) in [6.45, 7) is 2.57. The highest BCUT2D eigenvalue weighted by Crippen LogP contribution is 2.22. The third kappa shape index (κ3) is 3.35. The lowest BCUT2D eigenvalue weighted by Crippen LogP contribution is -2.41. The van der Waals surface area contributed by atoms with Gasteiger partial charge in [0.25, 0.3) is 0 Å². The van der Waals surface area contributed by atoms with Crippen LogP contribution < -0.4 is 0 Å². The summed E-state index contributed by atoms with van der Waals surface area (Å²) in [5.41, 5.74) is 0.953. The van der Waals surface area contributed by atoms with Crippen molar-refractivity contribution in [3.05, 3.63) is 48.9 Å². The van der Waals surface area contributed by atoms with E-state index in [9.17, 15) is 0 Å². The lowest BCUT2D eigenvalue weighted by molar-refractivity contribution is 0.111. The van der Waals surface area contributed by atoms with Crippen LogP contribution in [0.25, 0.3) is 11.5 Å². The Morgan fingerprint density at radius 1 is 1.12 bits per heavy atom. The summed E-state index contributed by atoms with van der Waals surface area (Å²) in [7, 11) is 0. The molecule has 0 unspecified atom stereocenters. The average molecular weight is 324 g/mol. The number of aromatic nitrogens is 5. The molecule has 124 valence electrons. The largest absolute Gasteiger partial charge is 0.419 e. The van der Waals surface area contributed by atoms with Gasteiger partial charge in [0.1, 0.15) is 12.7 Å². The Hall–Kier alpha value is -2.54. The molecule has 3 aromatic rings. The third-order valence-electron chi connectivity index (χ3n) is 4.44. The fourth-order valence-electron chi connectivity index (χ4n) is 3.21. The Labute approximate surface area is 140 Å². The SMILES string of the molecule is c1ccc(-c2nnc(CN3CCCC[C@H]3Cn3cncn3)o2)cc1. The van der Waals surface area contributed by atoms with Crippen molar-refractivity contribution >= 4 is 0 Å². The molecule has 0 aliphatic carbocycles. The van der Waals surface area contributed by atoms with Crippen molar-refractivity contribution in [2.75, 3.05) is 6.54 Å². The van der Waals surface area contributed by atoms with E-state index in [2.05, 4.69) is 25.2 Å². The van der Waals surface area contributed by atoms with Gasteiger partial charge in [-0.05, 0) is 31.5 Å². The molecule has 0 saturated carbocycles. The Bertz CT molecular complexity index is 755. The fraction of sp³-hybridized carbons (Fsp3) is 0.412. The van der Waals surface area contributed by atoms with Crippen molar-refractivity contribution in [2.24, 2.45) is 0 Å². The predicted octanol–water partition coefficient (Wildman–Crippen LogP) is 2.38. The minimum atomic E-state index is 0.424. The molecule has 1 fully saturated rings. The molecule has 0 radical (unpaired) electrons. The summed E-state index contributed by atoms with van der Waals surface area (Å²) in [4.78, 5) is 6.44. The molecule has 0 bridgehead atoms.